The van der Waals surface area contributed by atoms with Gasteiger partial charge in [0.2, 0.25) is 5.91 Å². The summed E-state index contributed by atoms with van der Waals surface area (Å²) in [6.07, 6.45) is 6.89. The zero-order valence-corrected chi connectivity index (χ0v) is 14.9. The molecular weight excluding hydrogens is 334 g/mol. The molecular formula is C20H22ClN3O. The lowest BCUT2D eigenvalue weighted by Gasteiger charge is -2.32. The molecule has 4 nitrogen and oxygen atoms in total. The number of halogens is 1. The van der Waals surface area contributed by atoms with Crippen LogP contribution in [0.25, 0.3) is 0 Å². The number of piperidine rings is 1. The molecule has 1 fully saturated rings. The minimum atomic E-state index is 0.0665. The van der Waals surface area contributed by atoms with Crippen LogP contribution in [0.5, 0.6) is 0 Å². The molecule has 0 bridgehead atoms. The molecule has 1 aromatic carbocycles. The van der Waals surface area contributed by atoms with Gasteiger partial charge in [0.15, 0.2) is 0 Å². The summed E-state index contributed by atoms with van der Waals surface area (Å²) < 4.78 is 0. The van der Waals surface area contributed by atoms with E-state index in [1.807, 2.05) is 18.2 Å². The van der Waals surface area contributed by atoms with Gasteiger partial charge in [0.1, 0.15) is 5.82 Å². The summed E-state index contributed by atoms with van der Waals surface area (Å²) in [7, 11) is 0. The number of anilines is 2. The number of aromatic nitrogens is 1. The Morgan fingerprint density at radius 2 is 1.92 bits per heavy atom. The number of hydrogen-bond donors (Lipinski definition) is 1. The van der Waals surface area contributed by atoms with E-state index in [9.17, 15) is 4.79 Å². The quantitative estimate of drug-likeness (QED) is 0.902. The Labute approximate surface area is 153 Å². The molecule has 130 valence electrons. The van der Waals surface area contributed by atoms with Gasteiger partial charge >= 0.3 is 0 Å². The molecule has 0 atom stereocenters. The number of pyridine rings is 1. The first-order valence-electron chi connectivity index (χ1n) is 8.98. The predicted octanol–water partition coefficient (Wildman–Crippen LogP) is 4.08. The predicted molar refractivity (Wildman–Crippen MR) is 101 cm³/mol. The van der Waals surface area contributed by atoms with Gasteiger partial charge in [-0.1, -0.05) is 17.7 Å². The van der Waals surface area contributed by atoms with Crippen LogP contribution in [0, 0.1) is 5.92 Å². The van der Waals surface area contributed by atoms with Gasteiger partial charge in [0.05, 0.1) is 5.02 Å². The van der Waals surface area contributed by atoms with E-state index in [-0.39, 0.29) is 11.8 Å². The number of hydrogen-bond acceptors (Lipinski definition) is 3. The molecule has 4 rings (SSSR count). The van der Waals surface area contributed by atoms with Crippen LogP contribution in [-0.2, 0) is 17.6 Å². The smallest absolute Gasteiger partial charge is 0.227 e. The first-order valence-corrected chi connectivity index (χ1v) is 9.36. The van der Waals surface area contributed by atoms with Gasteiger partial charge in [0.25, 0.3) is 0 Å². The Morgan fingerprint density at radius 1 is 1.12 bits per heavy atom. The van der Waals surface area contributed by atoms with Crippen molar-refractivity contribution in [2.75, 3.05) is 23.3 Å². The lowest BCUT2D eigenvalue weighted by atomic mass is 9.95. The molecule has 0 saturated carbocycles. The number of carbonyl (C=O) groups excluding carboxylic acids is 1. The van der Waals surface area contributed by atoms with Gasteiger partial charge in [0, 0.05) is 30.9 Å². The summed E-state index contributed by atoms with van der Waals surface area (Å²) in [5.74, 6) is 1.14. The number of benzene rings is 1. The first kappa shape index (κ1) is 16.4. The second-order valence-electron chi connectivity index (χ2n) is 6.92. The van der Waals surface area contributed by atoms with Crippen LogP contribution in [0.3, 0.4) is 0 Å². The highest BCUT2D eigenvalue weighted by molar-refractivity contribution is 6.30. The summed E-state index contributed by atoms with van der Waals surface area (Å²) in [6, 6.07) is 10.1. The standard InChI is InChI=1S/C20H22ClN3O/c21-17-5-7-19(22-13-17)24-10-8-15(9-11-24)20(25)23-18-6-4-14-2-1-3-16(14)12-18/h4-7,12-13,15H,1-3,8-11H2,(H,23,25). The topological polar surface area (TPSA) is 45.2 Å². The van der Waals surface area contributed by atoms with E-state index in [4.69, 9.17) is 11.6 Å². The molecule has 1 amide bonds. The summed E-state index contributed by atoms with van der Waals surface area (Å²) >= 11 is 5.89. The van der Waals surface area contributed by atoms with Gasteiger partial charge in [-0.05, 0) is 67.5 Å². The third-order valence-electron chi connectivity index (χ3n) is 5.27. The molecule has 25 heavy (non-hydrogen) atoms. The Hall–Kier alpha value is -2.07. The van der Waals surface area contributed by atoms with Crippen molar-refractivity contribution >= 4 is 29.0 Å². The van der Waals surface area contributed by atoms with Gasteiger partial charge in [-0.15, -0.1) is 0 Å². The number of aryl methyl sites for hydroxylation is 2. The molecule has 5 heteroatoms. The zero-order chi connectivity index (χ0) is 17.2. The lowest BCUT2D eigenvalue weighted by molar-refractivity contribution is -0.120. The Bertz CT molecular complexity index is 767. The fourth-order valence-electron chi connectivity index (χ4n) is 3.82. The SMILES string of the molecule is O=C(Nc1ccc2c(c1)CCC2)C1CCN(c2ccc(Cl)cn2)CC1. The fourth-order valence-corrected chi connectivity index (χ4v) is 3.93. The summed E-state index contributed by atoms with van der Waals surface area (Å²) in [5.41, 5.74) is 3.76. The number of carbonyl (C=O) groups is 1. The molecule has 0 spiro atoms. The summed E-state index contributed by atoms with van der Waals surface area (Å²) in [4.78, 5) is 19.2. The minimum Gasteiger partial charge on any atom is -0.357 e. The molecule has 0 unspecified atom stereocenters. The van der Waals surface area contributed by atoms with Gasteiger partial charge in [-0.2, -0.15) is 0 Å². The Balaban J connectivity index is 1.34. The van der Waals surface area contributed by atoms with Crippen LogP contribution in [0.4, 0.5) is 11.5 Å². The number of amides is 1. The average Bonchev–Trinajstić information content (AvgIpc) is 3.10. The highest BCUT2D eigenvalue weighted by Gasteiger charge is 2.26. The highest BCUT2D eigenvalue weighted by atomic mass is 35.5. The number of nitrogens with one attached hydrogen (secondary N) is 1. The first-order chi connectivity index (χ1) is 12.2. The second-order valence-corrected chi connectivity index (χ2v) is 7.36. The van der Waals surface area contributed by atoms with Crippen molar-refractivity contribution in [1.82, 2.24) is 4.98 Å². The molecule has 1 aliphatic heterocycles. The van der Waals surface area contributed by atoms with Crippen molar-refractivity contribution in [2.45, 2.75) is 32.1 Å². The van der Waals surface area contributed by atoms with Gasteiger partial charge in [-0.25, -0.2) is 4.98 Å². The van der Waals surface area contributed by atoms with E-state index < -0.39 is 0 Å². The lowest BCUT2D eigenvalue weighted by Crippen LogP contribution is -2.38. The fraction of sp³-hybridized carbons (Fsp3) is 0.400. The van der Waals surface area contributed by atoms with Crippen LogP contribution >= 0.6 is 11.6 Å². The van der Waals surface area contributed by atoms with Crippen LogP contribution < -0.4 is 10.2 Å². The summed E-state index contributed by atoms with van der Waals surface area (Å²) in [5, 5.41) is 3.76. The van der Waals surface area contributed by atoms with E-state index in [0.717, 1.165) is 43.9 Å². The monoisotopic (exact) mass is 355 g/mol. The largest absolute Gasteiger partial charge is 0.357 e. The maximum absolute atomic E-state index is 12.6. The van der Waals surface area contributed by atoms with E-state index in [1.54, 1.807) is 6.20 Å². The van der Waals surface area contributed by atoms with Crippen molar-refractivity contribution in [2.24, 2.45) is 5.92 Å². The molecule has 2 aromatic rings. The third-order valence-corrected chi connectivity index (χ3v) is 5.49. The van der Waals surface area contributed by atoms with E-state index >= 15 is 0 Å². The molecule has 1 saturated heterocycles. The molecule has 1 aliphatic carbocycles. The van der Waals surface area contributed by atoms with Gasteiger partial charge in [-0.3, -0.25) is 4.79 Å². The van der Waals surface area contributed by atoms with Crippen molar-refractivity contribution < 1.29 is 4.79 Å². The number of rotatable bonds is 3. The van der Waals surface area contributed by atoms with E-state index in [0.29, 0.717) is 5.02 Å². The maximum Gasteiger partial charge on any atom is 0.227 e. The number of fused-ring (bicyclic) bond motifs is 1. The minimum absolute atomic E-state index is 0.0665. The van der Waals surface area contributed by atoms with Crippen molar-refractivity contribution in [3.8, 4) is 0 Å². The summed E-state index contributed by atoms with van der Waals surface area (Å²) in [6.45, 7) is 1.69. The molecule has 2 aliphatic rings. The van der Waals surface area contributed by atoms with Crippen molar-refractivity contribution in [3.63, 3.8) is 0 Å². The molecule has 2 heterocycles. The van der Waals surface area contributed by atoms with E-state index in [2.05, 4.69) is 27.3 Å². The molecule has 1 N–H and O–H groups in total. The Kier molecular flexibility index (Phi) is 4.62. The molecule has 1 aromatic heterocycles. The zero-order valence-electron chi connectivity index (χ0n) is 14.2. The highest BCUT2D eigenvalue weighted by Crippen LogP contribution is 2.27. The molecule has 0 radical (unpaired) electrons. The van der Waals surface area contributed by atoms with Crippen LogP contribution in [0.1, 0.15) is 30.4 Å². The maximum atomic E-state index is 12.6. The van der Waals surface area contributed by atoms with E-state index in [1.165, 1.54) is 24.0 Å². The third kappa shape index (κ3) is 3.64. The average molecular weight is 356 g/mol. The van der Waals surface area contributed by atoms with Crippen LogP contribution in [-0.4, -0.2) is 24.0 Å². The van der Waals surface area contributed by atoms with Gasteiger partial charge < -0.3 is 10.2 Å². The Morgan fingerprint density at radius 3 is 2.68 bits per heavy atom. The van der Waals surface area contributed by atoms with Crippen LogP contribution in [0.2, 0.25) is 5.02 Å². The second kappa shape index (κ2) is 7.04. The normalized spacial score (nSPS) is 17.4. The van der Waals surface area contributed by atoms with Crippen molar-refractivity contribution in [3.05, 3.63) is 52.7 Å². The van der Waals surface area contributed by atoms with Crippen molar-refractivity contribution in [1.29, 1.82) is 0 Å². The van der Waals surface area contributed by atoms with Crippen LogP contribution in [0.15, 0.2) is 36.5 Å². The number of nitrogens with zero attached hydrogens (tertiary/aromatic N) is 2.